The summed E-state index contributed by atoms with van der Waals surface area (Å²) in [5, 5.41) is 23.6. The van der Waals surface area contributed by atoms with E-state index >= 15 is 0 Å². The topological polar surface area (TPSA) is 212 Å². The molecule has 1 aliphatic heterocycles. The van der Waals surface area contributed by atoms with E-state index in [1.165, 1.54) is 0 Å². The number of nitrogens with one attached hydrogen (secondary N) is 3. The Morgan fingerprint density at radius 3 is 1.35 bits per heavy atom. The van der Waals surface area contributed by atoms with Gasteiger partial charge in [-0.3, -0.25) is 14.4 Å². The van der Waals surface area contributed by atoms with Crippen LogP contribution < -0.4 is 39.6 Å². The quantitative estimate of drug-likeness (QED) is 0.0872. The van der Waals surface area contributed by atoms with Gasteiger partial charge in [0, 0.05) is 45.2 Å². The molecule has 19 heteroatoms. The summed E-state index contributed by atoms with van der Waals surface area (Å²) in [6.45, 7) is 14.9. The van der Waals surface area contributed by atoms with Crippen molar-refractivity contribution in [3.8, 4) is 28.7 Å². The van der Waals surface area contributed by atoms with E-state index in [2.05, 4.69) is 31.4 Å². The fraction of sp³-hybridized carbons (Fsp3) is 0.188. The molecule has 0 unspecified atom stereocenters. The molecule has 0 aliphatic carbocycles. The summed E-state index contributed by atoms with van der Waals surface area (Å²) >= 11 is 12.4. The summed E-state index contributed by atoms with van der Waals surface area (Å²) in [7, 11) is 0. The Morgan fingerprint density at radius 1 is 0.446 bits per heavy atom. The third-order valence-corrected chi connectivity index (χ3v) is 14.1. The molecule has 3 aromatic heterocycles. The highest BCUT2D eigenvalue weighted by atomic mass is 35.5. The summed E-state index contributed by atoms with van der Waals surface area (Å²) in [5.41, 5.74) is 9.30. The van der Waals surface area contributed by atoms with Crippen LogP contribution in [-0.4, -0.2) is 46.4 Å². The average molecular weight is 1160 g/mol. The van der Waals surface area contributed by atoms with Crippen molar-refractivity contribution >= 4 is 68.8 Å². The van der Waals surface area contributed by atoms with Gasteiger partial charge < -0.3 is 53.2 Å². The van der Waals surface area contributed by atoms with Crippen molar-refractivity contribution < 1.29 is 51.6 Å². The summed E-state index contributed by atoms with van der Waals surface area (Å²) < 4.78 is 43.9. The summed E-state index contributed by atoms with van der Waals surface area (Å²) in [5.74, 6) is 4.35. The molecule has 4 heterocycles. The fourth-order valence-corrected chi connectivity index (χ4v) is 8.91. The Labute approximate surface area is 488 Å². The van der Waals surface area contributed by atoms with Crippen molar-refractivity contribution in [3.05, 3.63) is 229 Å². The second-order valence-electron chi connectivity index (χ2n) is 19.2. The maximum atomic E-state index is 12.7. The number of ether oxygens (including phenoxy) is 5. The predicted octanol–water partition coefficient (Wildman–Crippen LogP) is 14.9. The van der Waals surface area contributed by atoms with Gasteiger partial charge in [0.1, 0.15) is 67.6 Å². The van der Waals surface area contributed by atoms with E-state index < -0.39 is 0 Å². The molecule has 0 saturated heterocycles. The van der Waals surface area contributed by atoms with Gasteiger partial charge in [0.2, 0.25) is 0 Å². The van der Waals surface area contributed by atoms with Crippen LogP contribution in [-0.2, 0) is 19.8 Å². The number of aryl methyl sites for hydroxylation is 6. The molecule has 10 aromatic rings. The smallest absolute Gasteiger partial charge is 0.255 e. The molecule has 11 rings (SSSR count). The monoisotopic (exact) mass is 1160 g/mol. The standard InChI is InChI=1S/C23H20N2O3.C21H19ClN2O5.C20H19ClN2O3/c1-15-22(16(2)28-25-15)14-27-21-9-5-8-19(13-21)23(26)24-20-11-10-17-6-3-4-7-18(17)12-20;1-12-16(13(2)29-24-12)11-28-15-5-3-4-14(8-15)21(25)23-18-10-20-19(9-17(18)22)26-6-7-27-20;1-12-18(21)8-5-9-19(12)22-20(24)15-6-4-7-16(10-15)25-11-17-13(2)23-26-14(17)3/h3-13H,14H2,1-2H3,(H,24,26);3-5,8-10H,6-7,11H2,1-2H3,(H,23,25);4-10H,11H2,1-3H3,(H,22,24). The van der Waals surface area contributed by atoms with Crippen LogP contribution in [0.15, 0.2) is 159 Å². The molecule has 7 aromatic carbocycles. The third kappa shape index (κ3) is 14.9. The third-order valence-electron chi connectivity index (χ3n) is 13.4. The van der Waals surface area contributed by atoms with Gasteiger partial charge in [0.25, 0.3) is 17.7 Å². The lowest BCUT2D eigenvalue weighted by molar-refractivity contribution is 0.101. The van der Waals surface area contributed by atoms with Crippen LogP contribution in [0.2, 0.25) is 10.0 Å². The zero-order chi connectivity index (χ0) is 58.6. The molecular weight excluding hydrogens is 1100 g/mol. The second-order valence-corrected chi connectivity index (χ2v) is 20.0. The van der Waals surface area contributed by atoms with Crippen LogP contribution >= 0.6 is 23.2 Å². The molecule has 0 spiro atoms. The van der Waals surface area contributed by atoms with E-state index in [4.69, 9.17) is 60.5 Å². The minimum absolute atomic E-state index is 0.182. The van der Waals surface area contributed by atoms with E-state index in [0.29, 0.717) is 106 Å². The van der Waals surface area contributed by atoms with Crippen LogP contribution in [0.1, 0.15) is 87.7 Å². The second kappa shape index (κ2) is 26.8. The average Bonchev–Trinajstić information content (AvgIpc) is 4.28. The van der Waals surface area contributed by atoms with E-state index in [1.54, 1.807) is 91.0 Å². The van der Waals surface area contributed by atoms with Crippen molar-refractivity contribution in [3.63, 3.8) is 0 Å². The predicted molar refractivity (Wildman–Crippen MR) is 317 cm³/mol. The Bertz CT molecular complexity index is 3910. The van der Waals surface area contributed by atoms with Crippen LogP contribution in [0.25, 0.3) is 10.8 Å². The number of carbonyl (C=O) groups is 3. The number of carbonyl (C=O) groups excluding carboxylic acids is 3. The minimum atomic E-state index is -0.314. The molecule has 1 aliphatic rings. The molecule has 17 nitrogen and oxygen atoms in total. The number of hydrogen-bond donors (Lipinski definition) is 3. The number of amides is 3. The van der Waals surface area contributed by atoms with Crippen LogP contribution in [0.3, 0.4) is 0 Å². The maximum absolute atomic E-state index is 12.7. The van der Waals surface area contributed by atoms with Gasteiger partial charge in [0.15, 0.2) is 11.5 Å². The molecule has 3 N–H and O–H groups in total. The first kappa shape index (κ1) is 58.1. The molecule has 0 fully saturated rings. The SMILES string of the molecule is Cc1noc(C)c1COc1cccc(C(=O)Nc2cc3c(cc2Cl)OCCO3)c1.Cc1noc(C)c1COc1cccc(C(=O)Nc2ccc3ccccc3c2)c1.Cc1noc(C)c1COc1cccc(C(=O)Nc2cccc(Cl)c2C)c1. The van der Waals surface area contributed by atoms with Crippen molar-refractivity contribution in [1.29, 1.82) is 0 Å². The number of benzene rings is 7. The Kier molecular flexibility index (Phi) is 18.8. The first-order valence-electron chi connectivity index (χ1n) is 26.3. The van der Waals surface area contributed by atoms with Gasteiger partial charge in [-0.2, -0.15) is 0 Å². The van der Waals surface area contributed by atoms with Crippen molar-refractivity contribution in [2.75, 3.05) is 29.2 Å². The highest BCUT2D eigenvalue weighted by Gasteiger charge is 2.19. The van der Waals surface area contributed by atoms with Crippen LogP contribution in [0, 0.1) is 48.5 Å². The zero-order valence-electron chi connectivity index (χ0n) is 46.5. The molecule has 3 amide bonds. The number of rotatable bonds is 15. The van der Waals surface area contributed by atoms with Gasteiger partial charge in [-0.15, -0.1) is 0 Å². The highest BCUT2D eigenvalue weighted by Crippen LogP contribution is 2.38. The van der Waals surface area contributed by atoms with Crippen molar-refractivity contribution in [2.24, 2.45) is 0 Å². The summed E-state index contributed by atoms with van der Waals surface area (Å²) in [6, 6.07) is 43.6. The number of fused-ring (bicyclic) bond motifs is 2. The van der Waals surface area contributed by atoms with Crippen molar-refractivity contribution in [1.82, 2.24) is 15.5 Å². The number of halogens is 2. The summed E-state index contributed by atoms with van der Waals surface area (Å²) in [4.78, 5) is 37.9. The van der Waals surface area contributed by atoms with E-state index in [0.717, 1.165) is 67.3 Å². The molecule has 0 bridgehead atoms. The number of hydrogen-bond acceptors (Lipinski definition) is 14. The number of nitrogens with zero attached hydrogens (tertiary/aromatic N) is 3. The van der Waals surface area contributed by atoms with Crippen molar-refractivity contribution in [2.45, 2.75) is 68.3 Å². The van der Waals surface area contributed by atoms with Gasteiger partial charge >= 0.3 is 0 Å². The highest BCUT2D eigenvalue weighted by molar-refractivity contribution is 6.34. The van der Waals surface area contributed by atoms with Crippen LogP contribution in [0.5, 0.6) is 28.7 Å². The minimum Gasteiger partial charge on any atom is -0.489 e. The zero-order valence-corrected chi connectivity index (χ0v) is 48.0. The molecule has 424 valence electrons. The largest absolute Gasteiger partial charge is 0.489 e. The Hall–Kier alpha value is -9.58. The van der Waals surface area contributed by atoms with Gasteiger partial charge in [-0.25, -0.2) is 0 Å². The molecule has 0 radical (unpaired) electrons. The molecule has 83 heavy (non-hydrogen) atoms. The Morgan fingerprint density at radius 2 is 0.880 bits per heavy atom. The lowest BCUT2D eigenvalue weighted by Crippen LogP contribution is -2.17. The molecular formula is C64H58Cl2N6O11. The molecule has 0 atom stereocenters. The Balaban J connectivity index is 0.000000150. The first-order chi connectivity index (χ1) is 40.1. The number of aromatic nitrogens is 3. The van der Waals surface area contributed by atoms with E-state index in [-0.39, 0.29) is 17.7 Å². The van der Waals surface area contributed by atoms with Gasteiger partial charge in [-0.1, -0.05) is 93.3 Å². The van der Waals surface area contributed by atoms with Crippen LogP contribution in [0.4, 0.5) is 17.1 Å². The fourth-order valence-electron chi connectivity index (χ4n) is 8.53. The lowest BCUT2D eigenvalue weighted by Gasteiger charge is -2.20. The van der Waals surface area contributed by atoms with E-state index in [1.807, 2.05) is 103 Å². The summed E-state index contributed by atoms with van der Waals surface area (Å²) in [6.07, 6.45) is 0. The van der Waals surface area contributed by atoms with Gasteiger partial charge in [-0.05, 0) is 144 Å². The normalized spacial score (nSPS) is 11.3. The number of anilines is 3. The molecule has 0 saturated carbocycles. The van der Waals surface area contributed by atoms with Gasteiger partial charge in [0.05, 0.1) is 44.5 Å². The van der Waals surface area contributed by atoms with E-state index in [9.17, 15) is 14.4 Å². The maximum Gasteiger partial charge on any atom is 0.255 e. The lowest BCUT2D eigenvalue weighted by atomic mass is 10.1. The first-order valence-corrected chi connectivity index (χ1v) is 27.0.